The van der Waals surface area contributed by atoms with Crippen LogP contribution in [0.5, 0.6) is 0 Å². The maximum Gasteiger partial charge on any atom is 0.235 e. The highest BCUT2D eigenvalue weighted by Gasteiger charge is 2.27. The Morgan fingerprint density at radius 3 is 2.57 bits per heavy atom. The summed E-state index contributed by atoms with van der Waals surface area (Å²) in [7, 11) is -1.45. The number of benzene rings is 1. The molecule has 0 unspecified atom stereocenters. The number of likely N-dealkylation sites (N-methyl/N-ethyl adjacent to an activating group) is 1. The van der Waals surface area contributed by atoms with Crippen molar-refractivity contribution in [3.63, 3.8) is 0 Å². The minimum Gasteiger partial charge on any atom is -0.352 e. The van der Waals surface area contributed by atoms with Gasteiger partial charge in [0.25, 0.3) is 0 Å². The number of carbonyl (C=O) groups is 2. The summed E-state index contributed by atoms with van der Waals surface area (Å²) < 4.78 is 22.5. The Labute approximate surface area is 167 Å². The molecule has 2 rings (SSSR count). The highest BCUT2D eigenvalue weighted by Crippen LogP contribution is 2.16. The average molecular weight is 408 g/mol. The van der Waals surface area contributed by atoms with Gasteiger partial charge in [-0.25, -0.2) is 8.42 Å². The zero-order valence-electron chi connectivity index (χ0n) is 16.4. The molecule has 154 valence electrons. The van der Waals surface area contributed by atoms with E-state index in [1.807, 2.05) is 54.4 Å². The Hall–Kier alpha value is -2.19. The van der Waals surface area contributed by atoms with Crippen LogP contribution in [-0.4, -0.2) is 69.9 Å². The predicted molar refractivity (Wildman–Crippen MR) is 110 cm³/mol. The van der Waals surface area contributed by atoms with E-state index in [4.69, 9.17) is 0 Å². The van der Waals surface area contributed by atoms with E-state index in [-0.39, 0.29) is 17.9 Å². The van der Waals surface area contributed by atoms with Gasteiger partial charge in [0.1, 0.15) is 5.75 Å². The highest BCUT2D eigenvalue weighted by atomic mass is 32.2. The van der Waals surface area contributed by atoms with Crippen LogP contribution in [0.15, 0.2) is 36.4 Å². The van der Waals surface area contributed by atoms with Crippen LogP contribution in [0.2, 0.25) is 0 Å². The smallest absolute Gasteiger partial charge is 0.235 e. The molecule has 1 aliphatic heterocycles. The molecule has 0 saturated carbocycles. The second kappa shape index (κ2) is 10.4. The van der Waals surface area contributed by atoms with Gasteiger partial charge in [-0.05, 0) is 25.5 Å². The van der Waals surface area contributed by atoms with E-state index in [0.717, 1.165) is 11.8 Å². The predicted octanol–water partition coefficient (Wildman–Crippen LogP) is 0.687. The minimum absolute atomic E-state index is 0.00678. The second-order valence-electron chi connectivity index (χ2n) is 7.39. The molecule has 2 N–H and O–H groups in total. The lowest BCUT2D eigenvalue weighted by molar-refractivity contribution is -0.125. The van der Waals surface area contributed by atoms with Crippen LogP contribution in [0, 0.1) is 5.92 Å². The van der Waals surface area contributed by atoms with Crippen molar-refractivity contribution < 1.29 is 18.0 Å². The Bertz CT molecular complexity index is 793. The van der Waals surface area contributed by atoms with Crippen molar-refractivity contribution in [1.29, 1.82) is 0 Å². The monoisotopic (exact) mass is 407 g/mol. The van der Waals surface area contributed by atoms with Crippen molar-refractivity contribution in [2.45, 2.75) is 18.9 Å². The second-order valence-corrected chi connectivity index (χ2v) is 9.53. The number of nitrogens with zero attached hydrogens (tertiary/aromatic N) is 1. The van der Waals surface area contributed by atoms with Gasteiger partial charge in [0, 0.05) is 31.9 Å². The molecule has 0 aromatic heterocycles. The van der Waals surface area contributed by atoms with Crippen molar-refractivity contribution in [2.75, 3.05) is 38.7 Å². The van der Waals surface area contributed by atoms with Crippen LogP contribution in [-0.2, 0) is 19.4 Å². The van der Waals surface area contributed by atoms with Gasteiger partial charge >= 0.3 is 0 Å². The van der Waals surface area contributed by atoms with E-state index in [0.29, 0.717) is 32.5 Å². The third kappa shape index (κ3) is 8.22. The molecule has 1 aromatic carbocycles. The fourth-order valence-electron chi connectivity index (χ4n) is 3.31. The molecule has 8 heteroatoms. The molecule has 2 amide bonds. The molecule has 1 saturated heterocycles. The quantitative estimate of drug-likeness (QED) is 0.693. The third-order valence-electron chi connectivity index (χ3n) is 4.56. The van der Waals surface area contributed by atoms with Gasteiger partial charge in [-0.3, -0.25) is 9.59 Å². The van der Waals surface area contributed by atoms with E-state index >= 15 is 0 Å². The van der Waals surface area contributed by atoms with Gasteiger partial charge in [-0.1, -0.05) is 42.5 Å². The lowest BCUT2D eigenvalue weighted by Crippen LogP contribution is -2.43. The summed E-state index contributed by atoms with van der Waals surface area (Å²) in [6, 6.07) is 9.72. The molecule has 0 aliphatic carbocycles. The van der Waals surface area contributed by atoms with Crippen molar-refractivity contribution in [2.24, 2.45) is 5.92 Å². The molecule has 1 aromatic rings. The first-order valence-corrected chi connectivity index (χ1v) is 11.4. The maximum absolute atomic E-state index is 12.5. The van der Waals surface area contributed by atoms with Gasteiger partial charge in [0.2, 0.25) is 11.8 Å². The zero-order valence-corrected chi connectivity index (χ0v) is 17.2. The fourth-order valence-corrected chi connectivity index (χ4v) is 3.87. The van der Waals surface area contributed by atoms with Crippen LogP contribution < -0.4 is 10.6 Å². The summed E-state index contributed by atoms with van der Waals surface area (Å²) in [4.78, 5) is 26.3. The largest absolute Gasteiger partial charge is 0.352 e. The minimum atomic E-state index is -3.35. The SMILES string of the molecule is CN1C[C@@H](NC(=O)CS(C)(=O)=O)CC[C@@H](C(=O)NC/C=C/c2ccccc2)C1. The molecule has 0 bridgehead atoms. The van der Waals surface area contributed by atoms with Crippen molar-refractivity contribution in [3.05, 3.63) is 42.0 Å². The van der Waals surface area contributed by atoms with Gasteiger partial charge in [0.15, 0.2) is 9.84 Å². The van der Waals surface area contributed by atoms with Crippen LogP contribution in [0.1, 0.15) is 18.4 Å². The lowest BCUT2D eigenvalue weighted by Gasteiger charge is -2.21. The molecule has 1 aliphatic rings. The van der Waals surface area contributed by atoms with E-state index < -0.39 is 21.5 Å². The summed E-state index contributed by atoms with van der Waals surface area (Å²) in [6.07, 6.45) is 6.20. The number of likely N-dealkylation sites (tertiary alicyclic amines) is 1. The Kier molecular flexibility index (Phi) is 8.19. The van der Waals surface area contributed by atoms with Gasteiger partial charge in [-0.2, -0.15) is 0 Å². The molecule has 0 radical (unpaired) electrons. The fraction of sp³-hybridized carbons (Fsp3) is 0.500. The topological polar surface area (TPSA) is 95.6 Å². The molecular weight excluding hydrogens is 378 g/mol. The molecule has 0 spiro atoms. The molecule has 1 fully saturated rings. The maximum atomic E-state index is 12.5. The average Bonchev–Trinajstić information content (AvgIpc) is 2.79. The molecule has 7 nitrogen and oxygen atoms in total. The van der Waals surface area contributed by atoms with Crippen molar-refractivity contribution >= 4 is 27.7 Å². The summed E-state index contributed by atoms with van der Waals surface area (Å²) in [5.41, 5.74) is 1.08. The zero-order chi connectivity index (χ0) is 20.6. The van der Waals surface area contributed by atoms with Crippen LogP contribution in [0.25, 0.3) is 6.08 Å². The Morgan fingerprint density at radius 1 is 1.18 bits per heavy atom. The third-order valence-corrected chi connectivity index (χ3v) is 5.35. The summed E-state index contributed by atoms with van der Waals surface area (Å²) in [5, 5.41) is 5.71. The number of carbonyl (C=O) groups excluding carboxylic acids is 2. The van der Waals surface area contributed by atoms with Crippen LogP contribution in [0.3, 0.4) is 0 Å². The molecule has 1 heterocycles. The Balaban J connectivity index is 1.80. The summed E-state index contributed by atoms with van der Waals surface area (Å²) >= 11 is 0. The lowest BCUT2D eigenvalue weighted by atomic mass is 10.0. The standard InChI is InChI=1S/C20H29N3O4S/c1-23-13-17(10-11-18(14-23)22-19(24)15-28(2,26)27)20(25)21-12-6-9-16-7-4-3-5-8-16/h3-9,17-18H,10-15H2,1-2H3,(H,21,25)(H,22,24)/b9-6+/t17-,18+/m1/s1. The molecule has 28 heavy (non-hydrogen) atoms. The number of nitrogens with one attached hydrogen (secondary N) is 2. The normalized spacial score (nSPS) is 21.2. The van der Waals surface area contributed by atoms with Crippen molar-refractivity contribution in [1.82, 2.24) is 15.5 Å². The first-order valence-electron chi connectivity index (χ1n) is 9.38. The van der Waals surface area contributed by atoms with Crippen LogP contribution >= 0.6 is 0 Å². The Morgan fingerprint density at radius 2 is 1.89 bits per heavy atom. The van der Waals surface area contributed by atoms with E-state index in [2.05, 4.69) is 10.6 Å². The van der Waals surface area contributed by atoms with E-state index in [1.165, 1.54) is 0 Å². The summed E-state index contributed by atoms with van der Waals surface area (Å²) in [6.45, 7) is 1.66. The number of rotatable bonds is 7. The van der Waals surface area contributed by atoms with Gasteiger partial charge in [0.05, 0.1) is 5.92 Å². The molecular formula is C20H29N3O4S. The number of sulfone groups is 1. The highest BCUT2D eigenvalue weighted by molar-refractivity contribution is 7.91. The van der Waals surface area contributed by atoms with Gasteiger partial charge < -0.3 is 15.5 Å². The van der Waals surface area contributed by atoms with Crippen molar-refractivity contribution in [3.8, 4) is 0 Å². The first-order chi connectivity index (χ1) is 13.2. The van der Waals surface area contributed by atoms with Gasteiger partial charge in [-0.15, -0.1) is 0 Å². The van der Waals surface area contributed by atoms with E-state index in [9.17, 15) is 18.0 Å². The van der Waals surface area contributed by atoms with Crippen LogP contribution in [0.4, 0.5) is 0 Å². The number of amides is 2. The number of hydrogen-bond acceptors (Lipinski definition) is 5. The first kappa shape index (κ1) is 22.1. The number of hydrogen-bond donors (Lipinski definition) is 2. The van der Waals surface area contributed by atoms with E-state index in [1.54, 1.807) is 0 Å². The summed E-state index contributed by atoms with van der Waals surface area (Å²) in [5.74, 6) is -1.17. The molecule has 2 atom stereocenters.